The normalized spacial score (nSPS) is 35.6. The van der Waals surface area contributed by atoms with Gasteiger partial charge in [0.2, 0.25) is 5.91 Å². The van der Waals surface area contributed by atoms with Crippen molar-refractivity contribution in [2.24, 2.45) is 5.92 Å². The molecule has 2 heterocycles. The highest BCUT2D eigenvalue weighted by atomic mass is 16.5. The van der Waals surface area contributed by atoms with Crippen molar-refractivity contribution in [3.63, 3.8) is 0 Å². The van der Waals surface area contributed by atoms with Crippen molar-refractivity contribution >= 4 is 5.91 Å². The van der Waals surface area contributed by atoms with Gasteiger partial charge in [0.25, 0.3) is 0 Å². The van der Waals surface area contributed by atoms with E-state index in [2.05, 4.69) is 26.1 Å². The van der Waals surface area contributed by atoms with Crippen LogP contribution in [0.3, 0.4) is 0 Å². The number of ether oxygens (including phenoxy) is 1. The summed E-state index contributed by atoms with van der Waals surface area (Å²) in [6, 6.07) is 0.314. The van der Waals surface area contributed by atoms with Crippen LogP contribution in [0.1, 0.15) is 40.0 Å². The molecule has 4 unspecified atom stereocenters. The number of hydrogen-bond acceptors (Lipinski definition) is 3. The molecule has 1 amide bonds. The molecule has 4 atom stereocenters. The van der Waals surface area contributed by atoms with Crippen LogP contribution in [0.2, 0.25) is 0 Å². The first kappa shape index (κ1) is 12.8. The van der Waals surface area contributed by atoms with Crippen LogP contribution in [-0.2, 0) is 9.53 Å². The molecule has 0 bridgehead atoms. The first-order valence-corrected chi connectivity index (χ1v) is 6.81. The average molecular weight is 240 g/mol. The van der Waals surface area contributed by atoms with Gasteiger partial charge in [-0.05, 0) is 26.7 Å². The molecule has 0 saturated carbocycles. The van der Waals surface area contributed by atoms with Crippen LogP contribution in [0.5, 0.6) is 0 Å². The second-order valence-corrected chi connectivity index (χ2v) is 5.29. The monoisotopic (exact) mass is 240 g/mol. The molecular weight excluding hydrogens is 216 g/mol. The highest BCUT2D eigenvalue weighted by Crippen LogP contribution is 2.26. The fourth-order valence-corrected chi connectivity index (χ4v) is 3.02. The maximum Gasteiger partial charge on any atom is 0.241 e. The standard InChI is InChI=1S/C13H24N2O2/c1-4-5-12-13(16)15(10(3)14-12)9(2)11-6-7-17-8-11/h9-12,14H,4-8H2,1-3H3. The van der Waals surface area contributed by atoms with Crippen LogP contribution in [0.25, 0.3) is 0 Å². The minimum atomic E-state index is 0.0276. The Labute approximate surface area is 104 Å². The van der Waals surface area contributed by atoms with E-state index < -0.39 is 0 Å². The van der Waals surface area contributed by atoms with Crippen molar-refractivity contribution in [1.82, 2.24) is 10.2 Å². The number of nitrogens with one attached hydrogen (secondary N) is 1. The van der Waals surface area contributed by atoms with Crippen molar-refractivity contribution in [2.45, 2.75) is 58.3 Å². The molecule has 17 heavy (non-hydrogen) atoms. The molecule has 2 aliphatic heterocycles. The summed E-state index contributed by atoms with van der Waals surface area (Å²) < 4.78 is 5.42. The zero-order chi connectivity index (χ0) is 12.4. The van der Waals surface area contributed by atoms with Crippen LogP contribution in [0.15, 0.2) is 0 Å². The molecule has 2 aliphatic rings. The Hall–Kier alpha value is -0.610. The van der Waals surface area contributed by atoms with Crippen LogP contribution in [0.4, 0.5) is 0 Å². The molecule has 0 aromatic heterocycles. The van der Waals surface area contributed by atoms with E-state index in [1.807, 2.05) is 4.90 Å². The van der Waals surface area contributed by atoms with Crippen molar-refractivity contribution in [3.05, 3.63) is 0 Å². The van der Waals surface area contributed by atoms with Gasteiger partial charge < -0.3 is 9.64 Å². The van der Waals surface area contributed by atoms with Crippen LogP contribution in [-0.4, -0.2) is 42.3 Å². The topological polar surface area (TPSA) is 41.6 Å². The third kappa shape index (κ3) is 2.47. The number of carbonyl (C=O) groups is 1. The Morgan fingerprint density at radius 1 is 1.59 bits per heavy atom. The van der Waals surface area contributed by atoms with Gasteiger partial charge in [-0.15, -0.1) is 0 Å². The predicted molar refractivity (Wildman–Crippen MR) is 66.5 cm³/mol. The fourth-order valence-electron chi connectivity index (χ4n) is 3.02. The Morgan fingerprint density at radius 2 is 2.35 bits per heavy atom. The van der Waals surface area contributed by atoms with E-state index in [4.69, 9.17) is 4.74 Å². The Bertz CT molecular complexity index is 277. The van der Waals surface area contributed by atoms with Gasteiger partial charge in [-0.3, -0.25) is 10.1 Å². The largest absolute Gasteiger partial charge is 0.381 e. The molecule has 4 heteroatoms. The molecule has 4 nitrogen and oxygen atoms in total. The van der Waals surface area contributed by atoms with E-state index in [1.54, 1.807) is 0 Å². The van der Waals surface area contributed by atoms with Gasteiger partial charge in [-0.2, -0.15) is 0 Å². The predicted octanol–water partition coefficient (Wildman–Crippen LogP) is 1.36. The molecular formula is C13H24N2O2. The SMILES string of the molecule is CCCC1NC(C)N(C(C)C2CCOC2)C1=O. The van der Waals surface area contributed by atoms with Crippen LogP contribution < -0.4 is 5.32 Å². The average Bonchev–Trinajstić information content (AvgIpc) is 2.89. The summed E-state index contributed by atoms with van der Waals surface area (Å²) in [4.78, 5) is 14.4. The van der Waals surface area contributed by atoms with Crippen molar-refractivity contribution in [2.75, 3.05) is 13.2 Å². The first-order valence-electron chi connectivity index (χ1n) is 6.81. The maximum absolute atomic E-state index is 12.3. The van der Waals surface area contributed by atoms with Crippen molar-refractivity contribution in [3.8, 4) is 0 Å². The molecule has 2 fully saturated rings. The van der Waals surface area contributed by atoms with Crippen LogP contribution in [0, 0.1) is 5.92 Å². The maximum atomic E-state index is 12.3. The second-order valence-electron chi connectivity index (χ2n) is 5.29. The van der Waals surface area contributed by atoms with E-state index in [9.17, 15) is 4.79 Å². The highest BCUT2D eigenvalue weighted by Gasteiger charge is 2.41. The first-order chi connectivity index (χ1) is 8.15. The van der Waals surface area contributed by atoms with E-state index in [1.165, 1.54) is 0 Å². The number of rotatable bonds is 4. The molecule has 0 aromatic carbocycles. The van der Waals surface area contributed by atoms with Gasteiger partial charge in [-0.25, -0.2) is 0 Å². The second kappa shape index (κ2) is 5.36. The Kier molecular flexibility index (Phi) is 4.05. The van der Waals surface area contributed by atoms with Crippen molar-refractivity contribution in [1.29, 1.82) is 0 Å². The minimum Gasteiger partial charge on any atom is -0.381 e. The molecule has 1 N–H and O–H groups in total. The lowest BCUT2D eigenvalue weighted by Crippen LogP contribution is -2.45. The summed E-state index contributed by atoms with van der Waals surface area (Å²) in [6.07, 6.45) is 3.23. The number of amides is 1. The third-order valence-corrected chi connectivity index (χ3v) is 4.08. The van der Waals surface area contributed by atoms with E-state index >= 15 is 0 Å². The highest BCUT2D eigenvalue weighted by molar-refractivity contribution is 5.84. The smallest absolute Gasteiger partial charge is 0.241 e. The third-order valence-electron chi connectivity index (χ3n) is 4.08. The Balaban J connectivity index is 2.01. The van der Waals surface area contributed by atoms with Gasteiger partial charge >= 0.3 is 0 Å². The van der Waals surface area contributed by atoms with E-state index in [0.29, 0.717) is 5.92 Å². The molecule has 2 saturated heterocycles. The molecule has 0 spiro atoms. The van der Waals surface area contributed by atoms with Crippen molar-refractivity contribution < 1.29 is 9.53 Å². The lowest BCUT2D eigenvalue weighted by Gasteiger charge is -2.31. The van der Waals surface area contributed by atoms with Gasteiger partial charge in [-0.1, -0.05) is 13.3 Å². The summed E-state index contributed by atoms with van der Waals surface area (Å²) in [6.45, 7) is 8.01. The van der Waals surface area contributed by atoms with E-state index in [0.717, 1.165) is 32.5 Å². The zero-order valence-electron chi connectivity index (χ0n) is 11.1. The molecule has 0 aromatic rings. The molecule has 2 rings (SSSR count). The van der Waals surface area contributed by atoms with Crippen LogP contribution >= 0.6 is 0 Å². The number of carbonyl (C=O) groups excluding carboxylic acids is 1. The van der Waals surface area contributed by atoms with Gasteiger partial charge in [0.15, 0.2) is 0 Å². The summed E-state index contributed by atoms with van der Waals surface area (Å²) in [5.41, 5.74) is 0. The quantitative estimate of drug-likeness (QED) is 0.806. The summed E-state index contributed by atoms with van der Waals surface area (Å²) in [7, 11) is 0. The number of hydrogen-bond donors (Lipinski definition) is 1. The van der Waals surface area contributed by atoms with Gasteiger partial charge in [0, 0.05) is 18.6 Å². The van der Waals surface area contributed by atoms with Gasteiger partial charge in [0.05, 0.1) is 18.8 Å². The molecule has 0 radical (unpaired) electrons. The minimum absolute atomic E-state index is 0.0276. The summed E-state index contributed by atoms with van der Waals surface area (Å²) in [5.74, 6) is 0.780. The lowest BCUT2D eigenvalue weighted by molar-refractivity contribution is -0.132. The number of nitrogens with zero attached hydrogens (tertiary/aromatic N) is 1. The molecule has 98 valence electrons. The Morgan fingerprint density at radius 3 is 2.94 bits per heavy atom. The zero-order valence-corrected chi connectivity index (χ0v) is 11.1. The van der Waals surface area contributed by atoms with E-state index in [-0.39, 0.29) is 24.2 Å². The summed E-state index contributed by atoms with van der Waals surface area (Å²) >= 11 is 0. The molecule has 0 aliphatic carbocycles. The summed E-state index contributed by atoms with van der Waals surface area (Å²) in [5, 5.41) is 3.39. The van der Waals surface area contributed by atoms with Gasteiger partial charge in [0.1, 0.15) is 0 Å². The fraction of sp³-hybridized carbons (Fsp3) is 0.923. The lowest BCUT2D eigenvalue weighted by atomic mass is 9.98.